The number of hydrogen-bond acceptors (Lipinski definition) is 3. The summed E-state index contributed by atoms with van der Waals surface area (Å²) in [5.74, 6) is 0. The molecule has 108 valence electrons. The number of rotatable bonds is 0. The standard InChI is InChI=1S/C11H12F3NO2.C2H6/c12-11(13,14)7-1-2-8-6(3-7)4-17-5-9(16)10(8)15;1-2/h1-3,9-10,16H,4-5,15H2;1-2H3. The van der Waals surface area contributed by atoms with Crippen molar-refractivity contribution >= 4 is 0 Å². The van der Waals surface area contributed by atoms with E-state index in [2.05, 4.69) is 0 Å². The van der Waals surface area contributed by atoms with Gasteiger partial charge in [-0.2, -0.15) is 13.2 Å². The zero-order chi connectivity index (χ0) is 14.6. The van der Waals surface area contributed by atoms with Crippen LogP contribution in [0.5, 0.6) is 0 Å². The third kappa shape index (κ3) is 3.68. The van der Waals surface area contributed by atoms with E-state index >= 15 is 0 Å². The number of hydrogen-bond donors (Lipinski definition) is 2. The van der Waals surface area contributed by atoms with Gasteiger partial charge in [0, 0.05) is 0 Å². The van der Waals surface area contributed by atoms with Gasteiger partial charge in [0.05, 0.1) is 30.9 Å². The lowest BCUT2D eigenvalue weighted by Gasteiger charge is -2.17. The van der Waals surface area contributed by atoms with E-state index in [0.29, 0.717) is 11.1 Å². The van der Waals surface area contributed by atoms with Crippen molar-refractivity contribution in [2.24, 2.45) is 5.73 Å². The summed E-state index contributed by atoms with van der Waals surface area (Å²) in [6.07, 6.45) is -5.28. The number of benzene rings is 1. The van der Waals surface area contributed by atoms with Crippen LogP contribution >= 0.6 is 0 Å². The number of halogens is 3. The van der Waals surface area contributed by atoms with Gasteiger partial charge in [-0.15, -0.1) is 0 Å². The molecule has 0 saturated carbocycles. The maximum atomic E-state index is 12.5. The van der Waals surface area contributed by atoms with Crippen LogP contribution in [0.2, 0.25) is 0 Å². The van der Waals surface area contributed by atoms with E-state index in [1.807, 2.05) is 13.8 Å². The third-order valence-corrected chi connectivity index (χ3v) is 2.79. The SMILES string of the molecule is CC.NC1c2ccc(C(F)(F)F)cc2COCC1O. The van der Waals surface area contributed by atoms with Crippen molar-refractivity contribution in [3.8, 4) is 0 Å². The molecule has 0 aromatic heterocycles. The fourth-order valence-corrected chi connectivity index (χ4v) is 1.83. The number of alkyl halides is 3. The molecule has 0 bridgehead atoms. The van der Waals surface area contributed by atoms with Crippen molar-refractivity contribution in [2.45, 2.75) is 38.8 Å². The molecule has 1 aromatic rings. The molecule has 2 atom stereocenters. The van der Waals surface area contributed by atoms with Crippen molar-refractivity contribution in [1.82, 2.24) is 0 Å². The summed E-state index contributed by atoms with van der Waals surface area (Å²) in [5.41, 5.74) is 5.89. The summed E-state index contributed by atoms with van der Waals surface area (Å²) in [7, 11) is 0. The van der Waals surface area contributed by atoms with Gasteiger partial charge in [0.25, 0.3) is 0 Å². The molecule has 1 aromatic carbocycles. The number of ether oxygens (including phenoxy) is 1. The van der Waals surface area contributed by atoms with E-state index in [-0.39, 0.29) is 13.2 Å². The van der Waals surface area contributed by atoms with Crippen LogP contribution < -0.4 is 5.73 Å². The van der Waals surface area contributed by atoms with E-state index in [0.717, 1.165) is 12.1 Å². The monoisotopic (exact) mass is 277 g/mol. The van der Waals surface area contributed by atoms with Gasteiger partial charge in [-0.1, -0.05) is 19.9 Å². The first-order valence-electron chi connectivity index (χ1n) is 6.11. The third-order valence-electron chi connectivity index (χ3n) is 2.79. The topological polar surface area (TPSA) is 55.5 Å². The molecule has 0 fully saturated rings. The lowest BCUT2D eigenvalue weighted by Crippen LogP contribution is -2.28. The average Bonchev–Trinajstić information content (AvgIpc) is 2.51. The van der Waals surface area contributed by atoms with Gasteiger partial charge in [-0.25, -0.2) is 0 Å². The van der Waals surface area contributed by atoms with Gasteiger partial charge in [0.2, 0.25) is 0 Å². The summed E-state index contributed by atoms with van der Waals surface area (Å²) in [5, 5.41) is 9.56. The van der Waals surface area contributed by atoms with Gasteiger partial charge in [0.1, 0.15) is 0 Å². The zero-order valence-electron chi connectivity index (χ0n) is 10.9. The zero-order valence-corrected chi connectivity index (χ0v) is 10.9. The molecule has 2 unspecified atom stereocenters. The van der Waals surface area contributed by atoms with Crippen LogP contribution in [0, 0.1) is 0 Å². The van der Waals surface area contributed by atoms with E-state index in [9.17, 15) is 18.3 Å². The van der Waals surface area contributed by atoms with Crippen molar-refractivity contribution < 1.29 is 23.0 Å². The van der Waals surface area contributed by atoms with Crippen molar-refractivity contribution in [1.29, 1.82) is 0 Å². The summed E-state index contributed by atoms with van der Waals surface area (Å²) in [4.78, 5) is 0. The fourth-order valence-electron chi connectivity index (χ4n) is 1.83. The van der Waals surface area contributed by atoms with Gasteiger partial charge in [-0.3, -0.25) is 0 Å². The predicted molar refractivity (Wildman–Crippen MR) is 65.4 cm³/mol. The molecule has 3 nitrogen and oxygen atoms in total. The normalized spacial score (nSPS) is 22.9. The van der Waals surface area contributed by atoms with Crippen LogP contribution in [0.15, 0.2) is 18.2 Å². The Bertz CT molecular complexity index is 421. The van der Waals surface area contributed by atoms with E-state index in [1.54, 1.807) is 0 Å². The van der Waals surface area contributed by atoms with Crippen LogP contribution in [0.1, 0.15) is 36.6 Å². The predicted octanol–water partition coefficient (Wildman–Crippen LogP) is 2.62. The largest absolute Gasteiger partial charge is 0.416 e. The van der Waals surface area contributed by atoms with Crippen LogP contribution in [0.3, 0.4) is 0 Å². The molecule has 2 rings (SSSR count). The Kier molecular flexibility index (Phi) is 5.34. The summed E-state index contributed by atoms with van der Waals surface area (Å²) >= 11 is 0. The highest BCUT2D eigenvalue weighted by Gasteiger charge is 2.32. The van der Waals surface area contributed by atoms with E-state index in [4.69, 9.17) is 10.5 Å². The maximum absolute atomic E-state index is 12.5. The molecule has 0 radical (unpaired) electrons. The van der Waals surface area contributed by atoms with Gasteiger partial charge < -0.3 is 15.6 Å². The Morgan fingerprint density at radius 2 is 1.95 bits per heavy atom. The highest BCUT2D eigenvalue weighted by molar-refractivity contribution is 5.36. The van der Waals surface area contributed by atoms with Crippen molar-refractivity contribution in [3.63, 3.8) is 0 Å². The number of aliphatic hydroxyl groups is 1. The Balaban J connectivity index is 0.000000861. The Hall–Kier alpha value is -1.11. The quantitative estimate of drug-likeness (QED) is 0.766. The van der Waals surface area contributed by atoms with E-state index < -0.39 is 23.9 Å². The lowest BCUT2D eigenvalue weighted by molar-refractivity contribution is -0.137. The second-order valence-corrected chi connectivity index (χ2v) is 4.02. The highest BCUT2D eigenvalue weighted by Crippen LogP contribution is 2.33. The minimum absolute atomic E-state index is 0.0250. The van der Waals surface area contributed by atoms with Crippen LogP contribution in [0.25, 0.3) is 0 Å². The molecule has 0 saturated heterocycles. The molecule has 6 heteroatoms. The van der Waals surface area contributed by atoms with Crippen LogP contribution in [0.4, 0.5) is 13.2 Å². The summed E-state index contributed by atoms with van der Waals surface area (Å²) in [6.45, 7) is 4.06. The average molecular weight is 277 g/mol. The van der Waals surface area contributed by atoms with E-state index in [1.165, 1.54) is 6.07 Å². The second-order valence-electron chi connectivity index (χ2n) is 4.02. The number of fused-ring (bicyclic) bond motifs is 1. The number of aliphatic hydroxyl groups excluding tert-OH is 1. The molecule has 0 amide bonds. The molecule has 1 aliphatic heterocycles. The minimum atomic E-state index is -4.38. The van der Waals surface area contributed by atoms with Gasteiger partial charge >= 0.3 is 6.18 Å². The van der Waals surface area contributed by atoms with Crippen molar-refractivity contribution in [3.05, 3.63) is 34.9 Å². The molecular weight excluding hydrogens is 259 g/mol. The van der Waals surface area contributed by atoms with Crippen LogP contribution in [-0.4, -0.2) is 17.8 Å². The Morgan fingerprint density at radius 1 is 1.32 bits per heavy atom. The van der Waals surface area contributed by atoms with Gasteiger partial charge in [-0.05, 0) is 23.3 Å². The van der Waals surface area contributed by atoms with Crippen LogP contribution in [-0.2, 0) is 17.5 Å². The first kappa shape index (κ1) is 15.9. The summed E-state index contributed by atoms with van der Waals surface area (Å²) < 4.78 is 42.6. The Morgan fingerprint density at radius 3 is 2.53 bits per heavy atom. The molecule has 19 heavy (non-hydrogen) atoms. The molecule has 3 N–H and O–H groups in total. The molecule has 0 spiro atoms. The number of nitrogens with two attached hydrogens (primary N) is 1. The molecule has 1 heterocycles. The molecule has 0 aliphatic carbocycles. The minimum Gasteiger partial charge on any atom is -0.389 e. The van der Waals surface area contributed by atoms with Crippen molar-refractivity contribution in [2.75, 3.05) is 6.61 Å². The first-order chi connectivity index (χ1) is 8.89. The second kappa shape index (κ2) is 6.36. The fraction of sp³-hybridized carbons (Fsp3) is 0.538. The Labute approximate surface area is 110 Å². The molecule has 1 aliphatic rings. The molecular formula is C13H18F3NO2. The van der Waals surface area contributed by atoms with Gasteiger partial charge in [0.15, 0.2) is 0 Å². The summed E-state index contributed by atoms with van der Waals surface area (Å²) in [6, 6.07) is 2.58. The lowest BCUT2D eigenvalue weighted by atomic mass is 9.96. The highest BCUT2D eigenvalue weighted by atomic mass is 19.4. The first-order valence-corrected chi connectivity index (χ1v) is 6.11. The smallest absolute Gasteiger partial charge is 0.389 e. The maximum Gasteiger partial charge on any atom is 0.416 e.